The third kappa shape index (κ3) is 5.00. The van der Waals surface area contributed by atoms with Crippen LogP contribution in [0.5, 0.6) is 0 Å². The van der Waals surface area contributed by atoms with Gasteiger partial charge in [0.15, 0.2) is 8.07 Å². The summed E-state index contributed by atoms with van der Waals surface area (Å²) in [4.78, 5) is 4.94. The Hall–Kier alpha value is -2.36. The van der Waals surface area contributed by atoms with Crippen LogP contribution in [-0.4, -0.2) is 40.2 Å². The monoisotopic (exact) mass is 526 g/mol. The van der Waals surface area contributed by atoms with Crippen LogP contribution in [0.15, 0.2) is 66.7 Å². The van der Waals surface area contributed by atoms with Crippen LogP contribution in [0.4, 0.5) is 11.4 Å². The van der Waals surface area contributed by atoms with Crippen LogP contribution in [0, 0.1) is 0 Å². The zero-order valence-electron chi connectivity index (χ0n) is 25.9. The number of hydrogen-bond donors (Lipinski definition) is 0. The molecule has 2 nitrogen and oxygen atoms in total. The predicted octanol–water partition coefficient (Wildman–Crippen LogP) is 6.96. The lowest BCUT2D eigenvalue weighted by atomic mass is 9.86. The van der Waals surface area contributed by atoms with Gasteiger partial charge in [0.1, 0.15) is 0 Å². The van der Waals surface area contributed by atoms with Gasteiger partial charge in [0.2, 0.25) is 0 Å². The molecule has 3 aromatic carbocycles. The van der Waals surface area contributed by atoms with E-state index in [0.717, 1.165) is 19.5 Å². The third-order valence-corrected chi connectivity index (χ3v) is 14.4. The molecule has 1 aliphatic rings. The molecule has 0 spiro atoms. The highest BCUT2D eigenvalue weighted by Crippen LogP contribution is 2.44. The van der Waals surface area contributed by atoms with Crippen molar-refractivity contribution in [1.29, 1.82) is 0 Å². The van der Waals surface area contributed by atoms with Crippen molar-refractivity contribution in [2.24, 2.45) is 0 Å². The van der Waals surface area contributed by atoms with E-state index in [1.807, 2.05) is 0 Å². The molecule has 0 N–H and O–H groups in total. The number of fused-ring (bicyclic) bond motifs is 2. The van der Waals surface area contributed by atoms with Gasteiger partial charge in [0.25, 0.3) is 0 Å². The number of anilines is 2. The van der Waals surface area contributed by atoms with E-state index in [-0.39, 0.29) is 15.9 Å². The van der Waals surface area contributed by atoms with Crippen LogP contribution in [0.1, 0.15) is 79.9 Å². The molecule has 0 radical (unpaired) electrons. The SMILES string of the molecule is CN(C)CCCN1c2ccccc2[Si@](c2ccc(C(C)(C)C)cc2)(C(C)(C)C)c2ccc(C(C)(C)C)cc21. The van der Waals surface area contributed by atoms with Crippen molar-refractivity contribution in [2.45, 2.75) is 84.6 Å². The molecule has 0 fully saturated rings. The summed E-state index contributed by atoms with van der Waals surface area (Å²) in [5.74, 6) is 0. The number of hydrogen-bond acceptors (Lipinski definition) is 2. The van der Waals surface area contributed by atoms with Gasteiger partial charge in [-0.2, -0.15) is 0 Å². The smallest absolute Gasteiger partial charge is 0.158 e. The standard InChI is InChI=1S/C35H50N2Si/c1-33(2,3)26-17-20-28(21-18-26)38(35(7,8)9)31-16-13-12-15-29(31)37(24-14-23-36(10)11)30-25-27(34(4,5)6)19-22-32(30)38/h12-13,15-22,25H,14,23-24H2,1-11H3/t38-/m0/s1. The van der Waals surface area contributed by atoms with E-state index in [4.69, 9.17) is 0 Å². The summed E-state index contributed by atoms with van der Waals surface area (Å²) in [5.41, 5.74) is 5.89. The van der Waals surface area contributed by atoms with Gasteiger partial charge < -0.3 is 9.80 Å². The maximum absolute atomic E-state index is 2.64. The minimum Gasteiger partial charge on any atom is -0.342 e. The van der Waals surface area contributed by atoms with E-state index in [1.165, 1.54) is 27.7 Å². The van der Waals surface area contributed by atoms with E-state index in [0.29, 0.717) is 0 Å². The van der Waals surface area contributed by atoms with E-state index in [1.54, 1.807) is 10.4 Å². The van der Waals surface area contributed by atoms with Crippen LogP contribution in [0.25, 0.3) is 0 Å². The fourth-order valence-electron chi connectivity index (χ4n) is 6.40. The summed E-state index contributed by atoms with van der Waals surface area (Å²) in [7, 11) is 1.93. The molecule has 3 heteroatoms. The molecule has 0 aromatic heterocycles. The average Bonchev–Trinajstić information content (AvgIpc) is 2.81. The summed E-state index contributed by atoms with van der Waals surface area (Å²) < 4.78 is 0. The Morgan fingerprint density at radius 3 is 1.76 bits per heavy atom. The normalized spacial score (nSPS) is 17.9. The molecule has 38 heavy (non-hydrogen) atoms. The number of benzene rings is 3. The number of nitrogens with zero attached hydrogens (tertiary/aromatic N) is 2. The van der Waals surface area contributed by atoms with E-state index in [2.05, 4.69) is 153 Å². The van der Waals surface area contributed by atoms with Crippen molar-refractivity contribution in [2.75, 3.05) is 32.1 Å². The molecule has 1 aliphatic heterocycles. The topological polar surface area (TPSA) is 6.48 Å². The molecule has 4 rings (SSSR count). The van der Waals surface area contributed by atoms with Gasteiger partial charge >= 0.3 is 0 Å². The Labute approximate surface area is 234 Å². The highest BCUT2D eigenvalue weighted by Gasteiger charge is 2.54. The summed E-state index contributed by atoms with van der Waals surface area (Å²) in [5, 5.41) is 4.71. The highest BCUT2D eigenvalue weighted by molar-refractivity contribution is 7.15. The first-order valence-corrected chi connectivity index (χ1v) is 16.4. The summed E-state index contributed by atoms with van der Waals surface area (Å²) >= 11 is 0. The zero-order valence-corrected chi connectivity index (χ0v) is 26.9. The van der Waals surface area contributed by atoms with Crippen molar-refractivity contribution in [3.8, 4) is 0 Å². The van der Waals surface area contributed by atoms with Gasteiger partial charge in [-0.1, -0.05) is 117 Å². The maximum atomic E-state index is 2.64. The zero-order chi connectivity index (χ0) is 28.1. The van der Waals surface area contributed by atoms with Crippen LogP contribution < -0.4 is 20.5 Å². The van der Waals surface area contributed by atoms with Crippen molar-refractivity contribution in [3.63, 3.8) is 0 Å². The lowest BCUT2D eigenvalue weighted by molar-refractivity contribution is 0.402. The molecular weight excluding hydrogens is 476 g/mol. The van der Waals surface area contributed by atoms with Crippen molar-refractivity contribution >= 4 is 35.0 Å². The molecule has 1 heterocycles. The second-order valence-electron chi connectivity index (χ2n) is 14.6. The number of rotatable bonds is 5. The fourth-order valence-corrected chi connectivity index (χ4v) is 12.3. The fraction of sp³-hybridized carbons (Fsp3) is 0.486. The van der Waals surface area contributed by atoms with Crippen LogP contribution in [0.2, 0.25) is 5.04 Å². The minimum absolute atomic E-state index is 0.0834. The van der Waals surface area contributed by atoms with Crippen molar-refractivity contribution < 1.29 is 0 Å². The molecule has 3 aromatic rings. The molecule has 204 valence electrons. The molecule has 0 saturated carbocycles. The second kappa shape index (κ2) is 9.99. The van der Waals surface area contributed by atoms with Crippen LogP contribution in [-0.2, 0) is 10.8 Å². The Kier molecular flexibility index (Phi) is 7.53. The van der Waals surface area contributed by atoms with E-state index in [9.17, 15) is 0 Å². The first-order valence-electron chi connectivity index (χ1n) is 14.4. The predicted molar refractivity (Wildman–Crippen MR) is 171 cm³/mol. The third-order valence-electron chi connectivity index (χ3n) is 8.45. The molecule has 0 saturated heterocycles. The van der Waals surface area contributed by atoms with Crippen molar-refractivity contribution in [1.82, 2.24) is 4.90 Å². The quantitative estimate of drug-likeness (QED) is 0.332. The lowest BCUT2D eigenvalue weighted by Crippen LogP contribution is -2.75. The van der Waals surface area contributed by atoms with Gasteiger partial charge in [0, 0.05) is 17.9 Å². The maximum Gasteiger partial charge on any atom is 0.158 e. The van der Waals surface area contributed by atoms with E-state index < -0.39 is 8.07 Å². The van der Waals surface area contributed by atoms with E-state index >= 15 is 0 Å². The average molecular weight is 527 g/mol. The van der Waals surface area contributed by atoms with Gasteiger partial charge in [-0.05, 0) is 81.7 Å². The van der Waals surface area contributed by atoms with Crippen LogP contribution in [0.3, 0.4) is 0 Å². The molecule has 0 aliphatic carbocycles. The molecule has 0 amide bonds. The lowest BCUT2D eigenvalue weighted by Gasteiger charge is -2.51. The highest BCUT2D eigenvalue weighted by atomic mass is 28.3. The molecule has 0 unspecified atom stereocenters. The Morgan fingerprint density at radius 2 is 1.21 bits per heavy atom. The first kappa shape index (κ1) is 28.6. The Bertz CT molecular complexity index is 1270. The Morgan fingerprint density at radius 1 is 0.658 bits per heavy atom. The first-order chi connectivity index (χ1) is 17.6. The minimum atomic E-state index is -2.42. The van der Waals surface area contributed by atoms with Gasteiger partial charge in [-0.25, -0.2) is 0 Å². The van der Waals surface area contributed by atoms with Gasteiger partial charge in [-0.15, -0.1) is 0 Å². The summed E-state index contributed by atoms with van der Waals surface area (Å²) in [6.45, 7) is 23.5. The summed E-state index contributed by atoms with van der Waals surface area (Å²) in [6, 6.07) is 26.5. The number of para-hydroxylation sites is 1. The summed E-state index contributed by atoms with van der Waals surface area (Å²) in [6.07, 6.45) is 1.13. The largest absolute Gasteiger partial charge is 0.342 e. The Balaban J connectivity index is 2.06. The molecular formula is C35H50N2Si. The van der Waals surface area contributed by atoms with Gasteiger partial charge in [-0.3, -0.25) is 0 Å². The molecule has 0 bridgehead atoms. The van der Waals surface area contributed by atoms with Crippen LogP contribution >= 0.6 is 0 Å². The van der Waals surface area contributed by atoms with Crippen molar-refractivity contribution in [3.05, 3.63) is 77.9 Å². The molecule has 1 atom stereocenters. The second-order valence-corrected chi connectivity index (χ2v) is 19.3. The van der Waals surface area contributed by atoms with Gasteiger partial charge in [0.05, 0.1) is 0 Å².